The molecule has 0 atom stereocenters. The SMILES string of the molecule is CN(C)CCn1nc2c3c(c(NCCN)ccc31)Sc1ncccc1-2. The van der Waals surface area contributed by atoms with Crippen LogP contribution >= 0.6 is 11.8 Å². The normalized spacial score (nSPS) is 12.6. The number of nitrogens with zero attached hydrogens (tertiary/aromatic N) is 4. The lowest BCUT2D eigenvalue weighted by atomic mass is 10.1. The Hall–Kier alpha value is -2.09. The molecule has 0 saturated carbocycles. The number of likely N-dealkylation sites (N-methyl/N-ethyl adjacent to an activating group) is 1. The van der Waals surface area contributed by atoms with Gasteiger partial charge in [0.1, 0.15) is 10.7 Å². The summed E-state index contributed by atoms with van der Waals surface area (Å²) in [7, 11) is 4.17. The van der Waals surface area contributed by atoms with Gasteiger partial charge in [0.25, 0.3) is 0 Å². The smallest absolute Gasteiger partial charge is 0.110 e. The van der Waals surface area contributed by atoms with Gasteiger partial charge in [-0.2, -0.15) is 5.10 Å². The predicted octanol–water partition coefficient (Wildman–Crippen LogP) is 2.50. The molecule has 1 aliphatic heterocycles. The molecule has 0 saturated heterocycles. The van der Waals surface area contributed by atoms with Gasteiger partial charge in [0.2, 0.25) is 0 Å². The highest BCUT2D eigenvalue weighted by Crippen LogP contribution is 2.49. The summed E-state index contributed by atoms with van der Waals surface area (Å²) in [5, 5.41) is 10.6. The van der Waals surface area contributed by atoms with Crippen molar-refractivity contribution < 1.29 is 0 Å². The van der Waals surface area contributed by atoms with Gasteiger partial charge in [0.05, 0.1) is 12.1 Å². The van der Waals surface area contributed by atoms with Crippen molar-refractivity contribution in [2.45, 2.75) is 16.5 Å². The molecule has 130 valence electrons. The minimum atomic E-state index is 0.603. The summed E-state index contributed by atoms with van der Waals surface area (Å²) < 4.78 is 2.11. The van der Waals surface area contributed by atoms with E-state index in [1.54, 1.807) is 11.8 Å². The summed E-state index contributed by atoms with van der Waals surface area (Å²) in [6.45, 7) is 3.16. The van der Waals surface area contributed by atoms with Crippen molar-refractivity contribution in [2.24, 2.45) is 5.73 Å². The third-order valence-electron chi connectivity index (χ3n) is 4.32. The van der Waals surface area contributed by atoms with Crippen molar-refractivity contribution in [2.75, 3.05) is 39.0 Å². The number of rotatable bonds is 6. The summed E-state index contributed by atoms with van der Waals surface area (Å²) in [4.78, 5) is 7.94. The molecule has 0 amide bonds. The van der Waals surface area contributed by atoms with Crippen molar-refractivity contribution in [3.8, 4) is 11.3 Å². The molecule has 3 heterocycles. The number of fused-ring (bicyclic) bond motifs is 2. The molecule has 3 aromatic rings. The first-order chi connectivity index (χ1) is 12.2. The van der Waals surface area contributed by atoms with Gasteiger partial charge in [0.15, 0.2) is 0 Å². The van der Waals surface area contributed by atoms with Crippen LogP contribution in [0.5, 0.6) is 0 Å². The molecule has 0 bridgehead atoms. The summed E-state index contributed by atoms with van der Waals surface area (Å²) in [6, 6.07) is 8.37. The predicted molar refractivity (Wildman–Crippen MR) is 103 cm³/mol. The van der Waals surface area contributed by atoms with Crippen LogP contribution in [0.2, 0.25) is 0 Å². The lowest BCUT2D eigenvalue weighted by Gasteiger charge is -2.18. The van der Waals surface area contributed by atoms with Crippen LogP contribution in [-0.2, 0) is 6.54 Å². The molecule has 6 nitrogen and oxygen atoms in total. The highest BCUT2D eigenvalue weighted by molar-refractivity contribution is 7.99. The largest absolute Gasteiger partial charge is 0.383 e. The number of nitrogens with one attached hydrogen (secondary N) is 1. The van der Waals surface area contributed by atoms with Crippen LogP contribution in [0.25, 0.3) is 22.2 Å². The van der Waals surface area contributed by atoms with Crippen molar-refractivity contribution in [1.82, 2.24) is 19.7 Å². The van der Waals surface area contributed by atoms with Gasteiger partial charge < -0.3 is 16.0 Å². The van der Waals surface area contributed by atoms with Gasteiger partial charge in [-0.3, -0.25) is 4.68 Å². The van der Waals surface area contributed by atoms with E-state index >= 15 is 0 Å². The highest BCUT2D eigenvalue weighted by Gasteiger charge is 2.26. The fourth-order valence-electron chi connectivity index (χ4n) is 3.10. The second kappa shape index (κ2) is 6.67. The molecule has 4 rings (SSSR count). The molecule has 0 fully saturated rings. The van der Waals surface area contributed by atoms with Crippen LogP contribution in [0.3, 0.4) is 0 Å². The molecule has 0 spiro atoms. The zero-order chi connectivity index (χ0) is 17.4. The minimum Gasteiger partial charge on any atom is -0.383 e. The summed E-state index contributed by atoms with van der Waals surface area (Å²) >= 11 is 1.71. The number of hydrogen-bond donors (Lipinski definition) is 2. The molecule has 2 aromatic heterocycles. The average molecular weight is 354 g/mol. The van der Waals surface area contributed by atoms with E-state index in [0.29, 0.717) is 6.54 Å². The molecule has 25 heavy (non-hydrogen) atoms. The lowest BCUT2D eigenvalue weighted by Crippen LogP contribution is -2.19. The maximum atomic E-state index is 5.67. The van der Waals surface area contributed by atoms with E-state index in [1.807, 2.05) is 12.3 Å². The number of hydrogen-bond acceptors (Lipinski definition) is 6. The zero-order valence-electron chi connectivity index (χ0n) is 14.5. The maximum absolute atomic E-state index is 5.67. The van der Waals surface area contributed by atoms with Crippen LogP contribution in [0.4, 0.5) is 5.69 Å². The van der Waals surface area contributed by atoms with Crippen LogP contribution in [0.1, 0.15) is 0 Å². The monoisotopic (exact) mass is 354 g/mol. The van der Waals surface area contributed by atoms with Gasteiger partial charge in [-0.25, -0.2) is 4.98 Å². The second-order valence-corrected chi connectivity index (χ2v) is 7.38. The topological polar surface area (TPSA) is 72.0 Å². The Bertz CT molecular complexity index is 917. The van der Waals surface area contributed by atoms with Gasteiger partial charge in [-0.05, 0) is 38.4 Å². The van der Waals surface area contributed by atoms with Crippen LogP contribution in [0, 0.1) is 0 Å². The quantitative estimate of drug-likeness (QED) is 0.554. The fraction of sp³-hybridized carbons (Fsp3) is 0.333. The van der Waals surface area contributed by atoms with Crippen LogP contribution < -0.4 is 11.1 Å². The van der Waals surface area contributed by atoms with E-state index in [-0.39, 0.29) is 0 Å². The number of aromatic nitrogens is 3. The molecular formula is C18H22N6S. The summed E-state index contributed by atoms with van der Waals surface area (Å²) in [6.07, 6.45) is 1.84. The van der Waals surface area contributed by atoms with E-state index in [9.17, 15) is 0 Å². The molecule has 1 aromatic carbocycles. The second-order valence-electron chi connectivity index (χ2n) is 6.39. The molecule has 0 aliphatic carbocycles. The Kier molecular flexibility index (Phi) is 4.37. The van der Waals surface area contributed by atoms with Gasteiger partial charge in [-0.1, -0.05) is 11.8 Å². The Morgan fingerprint density at radius 3 is 2.96 bits per heavy atom. The van der Waals surface area contributed by atoms with Crippen LogP contribution in [0.15, 0.2) is 40.4 Å². The minimum absolute atomic E-state index is 0.603. The first-order valence-electron chi connectivity index (χ1n) is 8.44. The third-order valence-corrected chi connectivity index (χ3v) is 5.46. The van der Waals surface area contributed by atoms with E-state index in [4.69, 9.17) is 10.8 Å². The number of nitrogens with two attached hydrogens (primary N) is 1. The van der Waals surface area contributed by atoms with Crippen molar-refractivity contribution >= 4 is 28.4 Å². The Balaban J connectivity index is 1.90. The third kappa shape index (κ3) is 2.88. The zero-order valence-corrected chi connectivity index (χ0v) is 15.3. The molecule has 0 unspecified atom stereocenters. The molecule has 7 heteroatoms. The number of anilines is 1. The summed E-state index contributed by atoms with van der Waals surface area (Å²) in [5.41, 5.74) is 10.1. The Morgan fingerprint density at radius 2 is 2.16 bits per heavy atom. The van der Waals surface area contributed by atoms with Crippen LogP contribution in [-0.4, -0.2) is 53.4 Å². The Labute approximate surface area is 151 Å². The van der Waals surface area contributed by atoms with Gasteiger partial charge in [0, 0.05) is 47.4 Å². The summed E-state index contributed by atoms with van der Waals surface area (Å²) in [5.74, 6) is 0. The molecular weight excluding hydrogens is 332 g/mol. The average Bonchev–Trinajstić information content (AvgIpc) is 2.99. The number of pyridine rings is 1. The van der Waals surface area contributed by atoms with E-state index in [2.05, 4.69) is 52.2 Å². The Morgan fingerprint density at radius 1 is 1.28 bits per heavy atom. The van der Waals surface area contributed by atoms with E-state index < -0.39 is 0 Å². The molecule has 1 aliphatic rings. The first-order valence-corrected chi connectivity index (χ1v) is 9.26. The first kappa shape index (κ1) is 16.4. The molecule has 0 radical (unpaired) electrons. The van der Waals surface area contributed by atoms with Crippen molar-refractivity contribution in [1.29, 1.82) is 0 Å². The maximum Gasteiger partial charge on any atom is 0.110 e. The highest BCUT2D eigenvalue weighted by atomic mass is 32.2. The van der Waals surface area contributed by atoms with E-state index in [0.717, 1.165) is 41.6 Å². The number of benzene rings is 1. The lowest BCUT2D eigenvalue weighted by molar-refractivity contribution is 0.377. The van der Waals surface area contributed by atoms with E-state index in [1.165, 1.54) is 15.8 Å². The van der Waals surface area contributed by atoms with Crippen molar-refractivity contribution in [3.05, 3.63) is 30.5 Å². The molecule has 3 N–H and O–H groups in total. The van der Waals surface area contributed by atoms with Gasteiger partial charge >= 0.3 is 0 Å². The van der Waals surface area contributed by atoms with Gasteiger partial charge in [-0.15, -0.1) is 0 Å². The fourth-order valence-corrected chi connectivity index (χ4v) is 4.23. The van der Waals surface area contributed by atoms with Crippen molar-refractivity contribution in [3.63, 3.8) is 0 Å². The standard InChI is InChI=1S/C18H22N6S/c1-23(2)10-11-24-14-6-5-13(20-9-7-19)17-15(14)16(22-24)12-4-3-8-21-18(12)25-17/h3-6,8,20H,7,9-11,19H2,1-2H3.